The van der Waals surface area contributed by atoms with E-state index in [1.807, 2.05) is 6.07 Å². The Morgan fingerprint density at radius 3 is 2.48 bits per heavy atom. The lowest BCUT2D eigenvalue weighted by atomic mass is 9.94. The van der Waals surface area contributed by atoms with Gasteiger partial charge in [0.05, 0.1) is 24.3 Å². The van der Waals surface area contributed by atoms with Gasteiger partial charge in [-0.2, -0.15) is 0 Å². The lowest BCUT2D eigenvalue weighted by Crippen LogP contribution is -2.29. The number of aliphatic hydroxyl groups is 1. The van der Waals surface area contributed by atoms with Crippen LogP contribution in [0.15, 0.2) is 70.6 Å². The SMILES string of the molecule is COC(=O)c1ccc(C2/C(=C(\O)c3ccc4c(c3)OCCO4)C(=O)C(=O)N2c2nnc(SCc3ccc(Cl)cc3Cl)s2)cc1. The number of benzene rings is 3. The number of ketones is 1. The number of carbonyl (C=O) groups excluding carboxylic acids is 3. The van der Waals surface area contributed by atoms with E-state index >= 15 is 0 Å². The summed E-state index contributed by atoms with van der Waals surface area (Å²) < 4.78 is 16.5. The van der Waals surface area contributed by atoms with Crippen molar-refractivity contribution in [2.75, 3.05) is 25.2 Å². The van der Waals surface area contributed by atoms with Crippen LogP contribution in [0.25, 0.3) is 5.76 Å². The number of halogens is 2. The molecule has 0 spiro atoms. The molecule has 14 heteroatoms. The normalized spacial score (nSPS) is 17.2. The Labute approximate surface area is 269 Å². The van der Waals surface area contributed by atoms with Gasteiger partial charge in [0.2, 0.25) is 5.13 Å². The number of amides is 1. The van der Waals surface area contributed by atoms with Gasteiger partial charge in [0.15, 0.2) is 15.8 Å². The van der Waals surface area contributed by atoms with E-state index in [1.54, 1.807) is 42.5 Å². The van der Waals surface area contributed by atoms with E-state index in [2.05, 4.69) is 10.2 Å². The van der Waals surface area contributed by atoms with Gasteiger partial charge < -0.3 is 19.3 Å². The quantitative estimate of drug-likeness (QED) is 0.0596. The number of ether oxygens (including phenoxy) is 3. The third-order valence-electron chi connectivity index (χ3n) is 6.88. The number of thioether (sulfide) groups is 1. The van der Waals surface area contributed by atoms with Crippen molar-refractivity contribution < 1.29 is 33.7 Å². The number of esters is 1. The molecule has 1 N–H and O–H groups in total. The Morgan fingerprint density at radius 2 is 1.75 bits per heavy atom. The van der Waals surface area contributed by atoms with Crippen LogP contribution in [-0.2, 0) is 20.1 Å². The molecule has 1 fully saturated rings. The third-order valence-corrected chi connectivity index (χ3v) is 9.57. The van der Waals surface area contributed by atoms with Gasteiger partial charge in [-0.15, -0.1) is 10.2 Å². The minimum absolute atomic E-state index is 0.153. The van der Waals surface area contributed by atoms with Crippen LogP contribution in [-0.4, -0.2) is 53.3 Å². The van der Waals surface area contributed by atoms with Crippen molar-refractivity contribution in [1.29, 1.82) is 0 Å². The summed E-state index contributed by atoms with van der Waals surface area (Å²) in [6, 6.07) is 15.1. The molecule has 6 rings (SSSR count). The summed E-state index contributed by atoms with van der Waals surface area (Å²) in [6.45, 7) is 0.718. The van der Waals surface area contributed by atoms with Gasteiger partial charge in [0.1, 0.15) is 19.0 Å². The molecule has 1 saturated heterocycles. The Morgan fingerprint density at radius 1 is 1.02 bits per heavy atom. The second kappa shape index (κ2) is 12.5. The zero-order valence-corrected chi connectivity index (χ0v) is 25.9. The van der Waals surface area contributed by atoms with Gasteiger partial charge in [-0.05, 0) is 53.6 Å². The maximum atomic E-state index is 13.6. The van der Waals surface area contributed by atoms with E-state index in [0.717, 1.165) is 16.9 Å². The summed E-state index contributed by atoms with van der Waals surface area (Å²) >= 11 is 14.8. The summed E-state index contributed by atoms with van der Waals surface area (Å²) in [5.74, 6) is -1.38. The zero-order valence-electron chi connectivity index (χ0n) is 22.8. The molecule has 3 heterocycles. The Kier molecular flexibility index (Phi) is 8.50. The van der Waals surface area contributed by atoms with Crippen molar-refractivity contribution in [1.82, 2.24) is 10.2 Å². The number of Topliss-reactive ketones (excluding diaryl/α,β-unsaturated/α-hetero) is 1. The van der Waals surface area contributed by atoms with Crippen molar-refractivity contribution in [3.05, 3.63) is 98.5 Å². The fraction of sp³-hybridized carbons (Fsp3) is 0.167. The van der Waals surface area contributed by atoms with Crippen molar-refractivity contribution in [2.45, 2.75) is 16.1 Å². The van der Waals surface area contributed by atoms with Gasteiger partial charge >= 0.3 is 11.9 Å². The maximum absolute atomic E-state index is 13.6. The number of aliphatic hydroxyl groups excluding tert-OH is 1. The molecule has 224 valence electrons. The Balaban J connectivity index is 1.39. The molecule has 4 aromatic rings. The van der Waals surface area contributed by atoms with Gasteiger partial charge in [-0.3, -0.25) is 14.5 Å². The first-order valence-electron chi connectivity index (χ1n) is 13.0. The van der Waals surface area contributed by atoms with Crippen LogP contribution in [0, 0.1) is 0 Å². The van der Waals surface area contributed by atoms with Gasteiger partial charge in [0.25, 0.3) is 5.78 Å². The summed E-state index contributed by atoms with van der Waals surface area (Å²) in [5.41, 5.74) is 1.67. The molecule has 1 atom stereocenters. The number of nitrogens with zero attached hydrogens (tertiary/aromatic N) is 3. The van der Waals surface area contributed by atoms with Crippen molar-refractivity contribution in [3.63, 3.8) is 0 Å². The smallest absolute Gasteiger partial charge is 0.337 e. The molecule has 0 aliphatic carbocycles. The molecule has 0 radical (unpaired) electrons. The number of carbonyl (C=O) groups is 3. The van der Waals surface area contributed by atoms with Crippen LogP contribution >= 0.6 is 46.3 Å². The molecule has 0 bridgehead atoms. The average Bonchev–Trinajstić information content (AvgIpc) is 3.61. The molecule has 0 saturated carbocycles. The fourth-order valence-corrected chi connectivity index (χ4v) is 7.17. The van der Waals surface area contributed by atoms with Crippen LogP contribution in [0.5, 0.6) is 11.5 Å². The standard InChI is InChI=1S/C30H21Cl2N3O7S2/c1-40-28(39)16-4-2-15(3-5-16)24-23(25(36)17-7-9-21-22(12-17)42-11-10-41-21)26(37)27(38)35(24)29-33-34-30(44-29)43-14-18-6-8-19(31)13-20(18)32/h2-9,12-13,24,36H,10-11,14H2,1H3/b25-23+. The highest BCUT2D eigenvalue weighted by atomic mass is 35.5. The molecule has 10 nitrogen and oxygen atoms in total. The Hall–Kier alpha value is -4.10. The van der Waals surface area contributed by atoms with E-state index in [1.165, 1.54) is 35.9 Å². The first kappa shape index (κ1) is 29.9. The average molecular weight is 671 g/mol. The van der Waals surface area contributed by atoms with Crippen molar-refractivity contribution in [3.8, 4) is 11.5 Å². The minimum Gasteiger partial charge on any atom is -0.507 e. The Bertz CT molecular complexity index is 1830. The number of anilines is 1. The molecule has 1 aromatic heterocycles. The van der Waals surface area contributed by atoms with Crippen molar-refractivity contribution in [2.24, 2.45) is 0 Å². The van der Waals surface area contributed by atoms with Gasteiger partial charge in [0, 0.05) is 21.4 Å². The van der Waals surface area contributed by atoms with Crippen LogP contribution in [0.4, 0.5) is 5.13 Å². The predicted octanol–water partition coefficient (Wildman–Crippen LogP) is 6.32. The lowest BCUT2D eigenvalue weighted by molar-refractivity contribution is -0.132. The van der Waals surface area contributed by atoms with Crippen LogP contribution in [0.3, 0.4) is 0 Å². The number of hydrogen-bond donors (Lipinski definition) is 1. The predicted molar refractivity (Wildman–Crippen MR) is 166 cm³/mol. The largest absolute Gasteiger partial charge is 0.507 e. The van der Waals surface area contributed by atoms with E-state index < -0.39 is 29.5 Å². The number of aromatic nitrogens is 2. The molecule has 1 unspecified atom stereocenters. The van der Waals surface area contributed by atoms with Crippen LogP contribution in [0.1, 0.15) is 33.1 Å². The van der Waals surface area contributed by atoms with Gasteiger partial charge in [-0.25, -0.2) is 4.79 Å². The molecule has 3 aromatic carbocycles. The molecule has 44 heavy (non-hydrogen) atoms. The third kappa shape index (κ3) is 5.73. The van der Waals surface area contributed by atoms with Gasteiger partial charge in [-0.1, -0.05) is 64.5 Å². The first-order chi connectivity index (χ1) is 21.2. The second-order valence-electron chi connectivity index (χ2n) is 9.52. The molecular weight excluding hydrogens is 649 g/mol. The van der Waals surface area contributed by atoms with Crippen molar-refractivity contribution >= 4 is 74.9 Å². The van der Waals surface area contributed by atoms with Crippen LogP contribution < -0.4 is 14.4 Å². The highest BCUT2D eigenvalue weighted by Crippen LogP contribution is 2.45. The number of methoxy groups -OCH3 is 1. The monoisotopic (exact) mass is 669 g/mol. The van der Waals surface area contributed by atoms with E-state index in [4.69, 9.17) is 37.4 Å². The highest BCUT2D eigenvalue weighted by Gasteiger charge is 2.48. The number of rotatable bonds is 7. The van der Waals surface area contributed by atoms with E-state index in [-0.39, 0.29) is 21.8 Å². The molecule has 1 amide bonds. The highest BCUT2D eigenvalue weighted by molar-refractivity contribution is 8.00. The zero-order chi connectivity index (χ0) is 31.0. The summed E-state index contributed by atoms with van der Waals surface area (Å²) in [4.78, 5) is 40.4. The second-order valence-corrected chi connectivity index (χ2v) is 12.5. The number of hydrogen-bond acceptors (Lipinski definition) is 11. The lowest BCUT2D eigenvalue weighted by Gasteiger charge is -2.23. The topological polar surface area (TPSA) is 128 Å². The molecule has 2 aliphatic heterocycles. The molecular formula is C30H21Cl2N3O7S2. The fourth-order valence-electron chi connectivity index (χ4n) is 4.75. The summed E-state index contributed by atoms with van der Waals surface area (Å²) in [7, 11) is 1.27. The summed E-state index contributed by atoms with van der Waals surface area (Å²) in [6.07, 6.45) is 0. The maximum Gasteiger partial charge on any atom is 0.337 e. The van der Waals surface area contributed by atoms with E-state index in [9.17, 15) is 19.5 Å². The van der Waals surface area contributed by atoms with E-state index in [0.29, 0.717) is 50.4 Å². The first-order valence-corrected chi connectivity index (χ1v) is 15.6. The summed E-state index contributed by atoms with van der Waals surface area (Å²) in [5, 5.41) is 21.1. The van der Waals surface area contributed by atoms with Crippen LogP contribution in [0.2, 0.25) is 10.0 Å². The minimum atomic E-state index is -1.08. The molecule has 2 aliphatic rings. The number of fused-ring (bicyclic) bond motifs is 1.